The Morgan fingerprint density at radius 3 is 2.86 bits per heavy atom. The van der Waals surface area contributed by atoms with Crippen LogP contribution in [0.25, 0.3) is 11.0 Å². The molecule has 1 atom stereocenters. The lowest BCUT2D eigenvalue weighted by Crippen LogP contribution is -2.10. The van der Waals surface area contributed by atoms with Gasteiger partial charge in [-0.2, -0.15) is 5.10 Å². The summed E-state index contributed by atoms with van der Waals surface area (Å²) >= 11 is 11.8. The summed E-state index contributed by atoms with van der Waals surface area (Å²) in [6.07, 6.45) is 3.86. The van der Waals surface area contributed by atoms with Gasteiger partial charge < -0.3 is 4.74 Å². The number of hydrogen-bond acceptors (Lipinski definition) is 4. The number of rotatable bonds is 4. The van der Waals surface area contributed by atoms with E-state index in [1.54, 1.807) is 12.3 Å². The summed E-state index contributed by atoms with van der Waals surface area (Å²) in [4.78, 5) is 16.3. The molecule has 1 fully saturated rings. The summed E-state index contributed by atoms with van der Waals surface area (Å²) in [6, 6.07) is 1.95. The van der Waals surface area contributed by atoms with Crippen molar-refractivity contribution in [3.05, 3.63) is 24.0 Å². The first-order chi connectivity index (χ1) is 9.88. The van der Waals surface area contributed by atoms with Crippen LogP contribution in [0, 0.1) is 5.92 Å². The Morgan fingerprint density at radius 1 is 1.52 bits per heavy atom. The first-order valence-corrected chi connectivity index (χ1v) is 7.52. The fourth-order valence-corrected chi connectivity index (χ4v) is 2.64. The van der Waals surface area contributed by atoms with Gasteiger partial charge in [-0.1, -0.05) is 0 Å². The molecule has 0 aromatic carbocycles. The van der Waals surface area contributed by atoms with Gasteiger partial charge in [0.25, 0.3) is 0 Å². The highest BCUT2D eigenvalue weighted by Gasteiger charge is 2.52. The van der Waals surface area contributed by atoms with Crippen molar-refractivity contribution in [2.24, 2.45) is 5.92 Å². The maximum atomic E-state index is 12.0. The second-order valence-electron chi connectivity index (χ2n) is 5.58. The van der Waals surface area contributed by atoms with Gasteiger partial charge in [-0.25, -0.2) is 14.5 Å². The smallest absolute Gasteiger partial charge is 0.339 e. The van der Waals surface area contributed by atoms with Crippen molar-refractivity contribution in [1.29, 1.82) is 0 Å². The van der Waals surface area contributed by atoms with Crippen LogP contribution in [0.4, 0.5) is 0 Å². The van der Waals surface area contributed by atoms with Gasteiger partial charge >= 0.3 is 5.97 Å². The van der Waals surface area contributed by atoms with E-state index >= 15 is 0 Å². The van der Waals surface area contributed by atoms with E-state index in [1.165, 1.54) is 6.20 Å². The van der Waals surface area contributed by atoms with Crippen LogP contribution in [-0.2, 0) is 4.74 Å². The third-order valence-corrected chi connectivity index (χ3v) is 4.46. The molecule has 5 nitrogen and oxygen atoms in total. The number of alkyl halides is 2. The molecule has 0 amide bonds. The minimum Gasteiger partial charge on any atom is -0.462 e. The Hall–Kier alpha value is -1.33. The average molecular weight is 328 g/mol. The van der Waals surface area contributed by atoms with Crippen molar-refractivity contribution in [2.75, 3.05) is 6.61 Å². The monoisotopic (exact) mass is 327 g/mol. The largest absolute Gasteiger partial charge is 0.462 e. The average Bonchev–Trinajstić information content (AvgIpc) is 2.86. The first-order valence-electron chi connectivity index (χ1n) is 6.76. The Balaban J connectivity index is 1.73. The zero-order chi connectivity index (χ0) is 15.2. The Labute approximate surface area is 132 Å². The highest BCUT2D eigenvalue weighted by molar-refractivity contribution is 6.50. The molecule has 21 heavy (non-hydrogen) atoms. The Morgan fingerprint density at radius 2 is 2.24 bits per heavy atom. The maximum Gasteiger partial charge on any atom is 0.339 e. The second-order valence-corrected chi connectivity index (χ2v) is 7.12. The van der Waals surface area contributed by atoms with Gasteiger partial charge in [0, 0.05) is 23.5 Å². The summed E-state index contributed by atoms with van der Waals surface area (Å²) in [5, 5.41) is 5.08. The van der Waals surface area contributed by atoms with Gasteiger partial charge in [0.05, 0.1) is 18.4 Å². The fourth-order valence-electron chi connectivity index (χ4n) is 2.14. The first kappa shape index (κ1) is 14.6. The molecule has 0 aliphatic heterocycles. The number of pyridine rings is 1. The van der Waals surface area contributed by atoms with Crippen LogP contribution in [0.3, 0.4) is 0 Å². The van der Waals surface area contributed by atoms with E-state index < -0.39 is 10.3 Å². The SMILES string of the molecule is CC(C)n1ncc2cc(C(=O)OCC3CC3(Cl)Cl)cnc21. The molecule has 2 aromatic heterocycles. The van der Waals surface area contributed by atoms with Crippen LogP contribution in [0.1, 0.15) is 36.7 Å². The number of carbonyl (C=O) groups is 1. The fraction of sp³-hybridized carbons (Fsp3) is 0.500. The molecule has 0 spiro atoms. The third kappa shape index (κ3) is 2.85. The number of nitrogens with zero attached hydrogens (tertiary/aromatic N) is 3. The Kier molecular flexibility index (Phi) is 3.58. The molecule has 2 aromatic rings. The summed E-state index contributed by atoms with van der Waals surface area (Å²) < 4.78 is 6.29. The lowest BCUT2D eigenvalue weighted by atomic mass is 10.2. The predicted octanol–water partition coefficient (Wildman–Crippen LogP) is 3.36. The highest BCUT2D eigenvalue weighted by Crippen LogP contribution is 2.53. The molecule has 0 radical (unpaired) electrons. The van der Waals surface area contributed by atoms with Crippen molar-refractivity contribution in [3.63, 3.8) is 0 Å². The molecule has 1 unspecified atom stereocenters. The van der Waals surface area contributed by atoms with E-state index in [0.29, 0.717) is 12.0 Å². The number of ether oxygens (including phenoxy) is 1. The van der Waals surface area contributed by atoms with E-state index in [4.69, 9.17) is 27.9 Å². The zero-order valence-electron chi connectivity index (χ0n) is 11.7. The van der Waals surface area contributed by atoms with Crippen molar-refractivity contribution >= 4 is 40.2 Å². The van der Waals surface area contributed by atoms with Gasteiger partial charge in [-0.3, -0.25) is 0 Å². The second kappa shape index (κ2) is 5.14. The number of aromatic nitrogens is 3. The number of carbonyl (C=O) groups excluding carboxylic acids is 1. The van der Waals surface area contributed by atoms with Gasteiger partial charge in [0.2, 0.25) is 0 Å². The Bertz CT molecular complexity index is 697. The highest BCUT2D eigenvalue weighted by atomic mass is 35.5. The molecule has 0 bridgehead atoms. The summed E-state index contributed by atoms with van der Waals surface area (Å²) in [6.45, 7) is 4.28. The van der Waals surface area contributed by atoms with Crippen LogP contribution in [0.5, 0.6) is 0 Å². The van der Waals surface area contributed by atoms with Gasteiger partial charge in [0.15, 0.2) is 5.65 Å². The summed E-state index contributed by atoms with van der Waals surface area (Å²) in [5.41, 5.74) is 1.16. The van der Waals surface area contributed by atoms with Crippen LogP contribution >= 0.6 is 23.2 Å². The van der Waals surface area contributed by atoms with E-state index in [-0.39, 0.29) is 18.6 Å². The van der Waals surface area contributed by atoms with E-state index in [0.717, 1.165) is 11.0 Å². The van der Waals surface area contributed by atoms with Crippen LogP contribution in [-0.4, -0.2) is 31.7 Å². The minimum absolute atomic E-state index is 0.0187. The molecule has 1 aliphatic carbocycles. The molecule has 7 heteroatoms. The normalized spacial score (nSPS) is 20.0. The van der Waals surface area contributed by atoms with Crippen molar-refractivity contribution in [2.45, 2.75) is 30.6 Å². The molecular weight excluding hydrogens is 313 g/mol. The molecule has 1 saturated carbocycles. The van der Waals surface area contributed by atoms with Gasteiger partial charge in [-0.15, -0.1) is 23.2 Å². The molecule has 1 aliphatic rings. The molecule has 3 rings (SSSR count). The number of esters is 1. The van der Waals surface area contributed by atoms with E-state index in [1.807, 2.05) is 18.5 Å². The molecular formula is C14H15Cl2N3O2. The lowest BCUT2D eigenvalue weighted by molar-refractivity contribution is 0.0485. The predicted molar refractivity (Wildman–Crippen MR) is 80.7 cm³/mol. The number of hydrogen-bond donors (Lipinski definition) is 0. The molecule has 0 N–H and O–H groups in total. The standard InChI is InChI=1S/C14H15Cl2N3O2/c1-8(2)19-12-9(6-18-19)3-10(5-17-12)13(20)21-7-11-4-14(11,15)16/h3,5-6,8,11H,4,7H2,1-2H3. The number of halogens is 2. The summed E-state index contributed by atoms with van der Waals surface area (Å²) in [5.74, 6) is -0.400. The minimum atomic E-state index is -0.735. The van der Waals surface area contributed by atoms with Crippen LogP contribution in [0.2, 0.25) is 0 Å². The molecule has 0 saturated heterocycles. The molecule has 112 valence electrons. The van der Waals surface area contributed by atoms with Gasteiger partial charge in [0.1, 0.15) is 4.33 Å². The van der Waals surface area contributed by atoms with E-state index in [2.05, 4.69) is 10.1 Å². The number of fused-ring (bicyclic) bond motifs is 1. The molecule has 2 heterocycles. The van der Waals surface area contributed by atoms with Gasteiger partial charge in [-0.05, 0) is 26.3 Å². The zero-order valence-corrected chi connectivity index (χ0v) is 13.2. The topological polar surface area (TPSA) is 57.0 Å². The van der Waals surface area contributed by atoms with Crippen molar-refractivity contribution in [1.82, 2.24) is 14.8 Å². The lowest BCUT2D eigenvalue weighted by Gasteiger charge is -2.07. The van der Waals surface area contributed by atoms with Crippen LogP contribution < -0.4 is 0 Å². The third-order valence-electron chi connectivity index (χ3n) is 3.53. The van der Waals surface area contributed by atoms with Crippen LogP contribution in [0.15, 0.2) is 18.5 Å². The quantitative estimate of drug-likeness (QED) is 0.638. The van der Waals surface area contributed by atoms with Crippen molar-refractivity contribution < 1.29 is 9.53 Å². The summed E-state index contributed by atoms with van der Waals surface area (Å²) in [7, 11) is 0. The van der Waals surface area contributed by atoms with E-state index in [9.17, 15) is 4.79 Å². The van der Waals surface area contributed by atoms with Crippen molar-refractivity contribution in [3.8, 4) is 0 Å². The maximum absolute atomic E-state index is 12.0.